The Labute approximate surface area is 300 Å². The number of carbonyl (C=O) groups excluding carboxylic acids is 2. The fourth-order valence-electron chi connectivity index (χ4n) is 8.50. The molecule has 7 heterocycles. The Hall–Kier alpha value is -4.29. The molecule has 4 aliphatic heterocycles. The van der Waals surface area contributed by atoms with E-state index in [9.17, 15) is 9.59 Å². The summed E-state index contributed by atoms with van der Waals surface area (Å²) in [5.74, 6) is -0.396. The smallest absolute Gasteiger partial charge is 0.272 e. The maximum absolute atomic E-state index is 13.6. The summed E-state index contributed by atoms with van der Waals surface area (Å²) < 4.78 is 9.72. The Morgan fingerprint density at radius 3 is 2.59 bits per heavy atom. The van der Waals surface area contributed by atoms with Gasteiger partial charge < -0.3 is 24.8 Å². The standard InChI is InChI=1S/C39H51N9O3/c1-25-8-7-15-46(25)38(50)36(39(2,3)4)41-37(49)32-20-34-40-21-28(23-47(34)42-32)45-17-11-29-26(22-45)9-6-10-30(29)35-31-24-44(5)16-12-33(31)48(43-35)27-13-18-51-19-14-27/h6,9-10,20-21,23,25,27,36H,7-8,11-19,22,24H2,1-5H3,(H,41,49). The summed E-state index contributed by atoms with van der Waals surface area (Å²) in [6.07, 6.45) is 9.75. The summed E-state index contributed by atoms with van der Waals surface area (Å²) in [7, 11) is 2.20. The van der Waals surface area contributed by atoms with Crippen molar-refractivity contribution >= 4 is 23.1 Å². The maximum Gasteiger partial charge on any atom is 0.272 e. The highest BCUT2D eigenvalue weighted by atomic mass is 16.5. The number of likely N-dealkylation sites (tertiary alicyclic amines) is 1. The summed E-state index contributed by atoms with van der Waals surface area (Å²) in [6, 6.07) is 8.28. The van der Waals surface area contributed by atoms with E-state index < -0.39 is 11.5 Å². The molecule has 12 heteroatoms. The molecule has 2 saturated heterocycles. The molecule has 1 aromatic carbocycles. The van der Waals surface area contributed by atoms with E-state index in [1.165, 1.54) is 27.9 Å². The first-order valence-electron chi connectivity index (χ1n) is 18.7. The van der Waals surface area contributed by atoms with Gasteiger partial charge in [0.25, 0.3) is 5.91 Å². The summed E-state index contributed by atoms with van der Waals surface area (Å²) >= 11 is 0. The normalized spacial score (nSPS) is 20.8. The molecule has 0 bridgehead atoms. The second-order valence-corrected chi connectivity index (χ2v) is 16.1. The molecule has 0 radical (unpaired) electrons. The number of amides is 2. The summed E-state index contributed by atoms with van der Waals surface area (Å²) in [6.45, 7) is 13.9. The van der Waals surface area contributed by atoms with E-state index in [1.807, 2.05) is 38.1 Å². The molecule has 0 saturated carbocycles. The van der Waals surface area contributed by atoms with E-state index in [1.54, 1.807) is 10.6 Å². The third-order valence-corrected chi connectivity index (χ3v) is 11.5. The van der Waals surface area contributed by atoms with E-state index in [4.69, 9.17) is 14.8 Å². The van der Waals surface area contributed by atoms with Crippen molar-refractivity contribution in [3.63, 3.8) is 0 Å². The molecule has 1 N–H and O–H groups in total. The van der Waals surface area contributed by atoms with Gasteiger partial charge in [0.05, 0.1) is 29.8 Å². The van der Waals surface area contributed by atoms with Crippen LogP contribution in [0, 0.1) is 5.41 Å². The minimum absolute atomic E-state index is 0.0292. The number of anilines is 1. The lowest BCUT2D eigenvalue weighted by molar-refractivity contribution is -0.136. The first-order chi connectivity index (χ1) is 24.5. The Morgan fingerprint density at radius 2 is 1.82 bits per heavy atom. The van der Waals surface area contributed by atoms with Gasteiger partial charge in [0.1, 0.15) is 6.04 Å². The molecule has 12 nitrogen and oxygen atoms in total. The van der Waals surface area contributed by atoms with Gasteiger partial charge in [-0.25, -0.2) is 9.50 Å². The van der Waals surface area contributed by atoms with E-state index in [0.29, 0.717) is 11.7 Å². The van der Waals surface area contributed by atoms with Crippen LogP contribution in [0.25, 0.3) is 16.9 Å². The average molecular weight is 694 g/mol. The van der Waals surface area contributed by atoms with Gasteiger partial charge in [0.15, 0.2) is 11.3 Å². The third kappa shape index (κ3) is 6.41. The van der Waals surface area contributed by atoms with Crippen LogP contribution in [0.3, 0.4) is 0 Å². The Bertz CT molecular complexity index is 1950. The molecule has 0 spiro atoms. The largest absolute Gasteiger partial charge is 0.381 e. The molecule has 2 fully saturated rings. The molecular weight excluding hydrogens is 642 g/mol. The van der Waals surface area contributed by atoms with E-state index in [-0.39, 0.29) is 23.6 Å². The minimum Gasteiger partial charge on any atom is -0.381 e. The van der Waals surface area contributed by atoms with Crippen molar-refractivity contribution in [1.82, 2.24) is 39.5 Å². The fourth-order valence-corrected chi connectivity index (χ4v) is 8.50. The number of rotatable bonds is 6. The molecule has 270 valence electrons. The van der Waals surface area contributed by atoms with Crippen LogP contribution in [0.4, 0.5) is 5.69 Å². The SMILES string of the molecule is CC1CCCN1C(=O)C(NC(=O)c1cc2ncc(N3CCc4c(cccc4-c4nn(C5CCOCC5)c5c4CN(C)CC5)C3)cn2n1)C(C)(C)C. The number of hydrogen-bond acceptors (Lipinski definition) is 8. The number of likely N-dealkylation sites (N-methyl/N-ethyl adjacent to an activating group) is 1. The minimum atomic E-state index is -0.653. The number of carbonyl (C=O) groups is 2. The second-order valence-electron chi connectivity index (χ2n) is 16.1. The predicted molar refractivity (Wildman–Crippen MR) is 196 cm³/mol. The van der Waals surface area contributed by atoms with Crippen LogP contribution in [0.15, 0.2) is 36.7 Å². The highest BCUT2D eigenvalue weighted by Crippen LogP contribution is 2.38. The number of nitrogens with one attached hydrogen (secondary N) is 1. The number of benzene rings is 1. The lowest BCUT2D eigenvalue weighted by Crippen LogP contribution is -2.55. The van der Waals surface area contributed by atoms with E-state index in [0.717, 1.165) is 95.8 Å². The Balaban J connectivity index is 1.02. The molecule has 51 heavy (non-hydrogen) atoms. The van der Waals surface area contributed by atoms with Crippen molar-refractivity contribution in [2.75, 3.05) is 44.8 Å². The molecule has 0 aliphatic carbocycles. The van der Waals surface area contributed by atoms with Crippen molar-refractivity contribution in [2.45, 2.75) is 97.4 Å². The van der Waals surface area contributed by atoms with Crippen LogP contribution in [-0.2, 0) is 35.5 Å². The van der Waals surface area contributed by atoms with Gasteiger partial charge in [-0.1, -0.05) is 39.0 Å². The van der Waals surface area contributed by atoms with E-state index in [2.05, 4.69) is 57.1 Å². The molecule has 4 aromatic rings. The predicted octanol–water partition coefficient (Wildman–Crippen LogP) is 4.65. The summed E-state index contributed by atoms with van der Waals surface area (Å²) in [5, 5.41) is 13.0. The van der Waals surface area contributed by atoms with Crippen molar-refractivity contribution in [1.29, 1.82) is 0 Å². The number of aromatic nitrogens is 5. The molecule has 3 aromatic heterocycles. The van der Waals surface area contributed by atoms with Gasteiger partial charge in [-0.05, 0) is 62.6 Å². The first-order valence-corrected chi connectivity index (χ1v) is 18.7. The van der Waals surface area contributed by atoms with Gasteiger partial charge in [-0.2, -0.15) is 10.2 Å². The van der Waals surface area contributed by atoms with Crippen molar-refractivity contribution in [2.24, 2.45) is 5.41 Å². The first kappa shape index (κ1) is 33.8. The zero-order valence-corrected chi connectivity index (χ0v) is 30.7. The molecule has 2 atom stereocenters. The van der Waals surface area contributed by atoms with Crippen LogP contribution < -0.4 is 10.2 Å². The zero-order chi connectivity index (χ0) is 35.4. The van der Waals surface area contributed by atoms with Gasteiger partial charge in [0.2, 0.25) is 5.91 Å². The average Bonchev–Trinajstić information content (AvgIpc) is 3.86. The third-order valence-electron chi connectivity index (χ3n) is 11.5. The highest BCUT2D eigenvalue weighted by Gasteiger charge is 2.39. The molecule has 8 rings (SSSR count). The van der Waals surface area contributed by atoms with Crippen LogP contribution in [0.5, 0.6) is 0 Å². The monoisotopic (exact) mass is 693 g/mol. The van der Waals surface area contributed by atoms with Crippen molar-refractivity contribution in [3.05, 3.63) is 64.7 Å². The number of fused-ring (bicyclic) bond motifs is 3. The van der Waals surface area contributed by atoms with Crippen LogP contribution in [0.2, 0.25) is 0 Å². The van der Waals surface area contributed by atoms with Crippen molar-refractivity contribution < 1.29 is 14.3 Å². The maximum atomic E-state index is 13.6. The quantitative estimate of drug-likeness (QED) is 0.311. The molecular formula is C39H51N9O3. The lowest BCUT2D eigenvalue weighted by Gasteiger charge is -2.34. The van der Waals surface area contributed by atoms with E-state index >= 15 is 0 Å². The Morgan fingerprint density at radius 1 is 1.00 bits per heavy atom. The van der Waals surface area contributed by atoms with Crippen LogP contribution >= 0.6 is 0 Å². The lowest BCUT2D eigenvalue weighted by atomic mass is 9.85. The highest BCUT2D eigenvalue weighted by molar-refractivity contribution is 5.97. The number of nitrogens with zero attached hydrogens (tertiary/aromatic N) is 8. The van der Waals surface area contributed by atoms with Gasteiger partial charge in [-0.15, -0.1) is 0 Å². The van der Waals surface area contributed by atoms with Crippen molar-refractivity contribution in [3.8, 4) is 11.3 Å². The van der Waals surface area contributed by atoms with Gasteiger partial charge >= 0.3 is 0 Å². The molecule has 2 amide bonds. The second kappa shape index (κ2) is 13.4. The fraction of sp³-hybridized carbons (Fsp3) is 0.564. The van der Waals surface area contributed by atoms with Crippen LogP contribution in [-0.4, -0.2) is 98.0 Å². The topological polar surface area (TPSA) is 113 Å². The number of ether oxygens (including phenoxy) is 1. The molecule has 4 aliphatic rings. The van der Waals surface area contributed by atoms with Gasteiger partial charge in [-0.3, -0.25) is 14.3 Å². The molecule has 2 unspecified atom stereocenters. The summed E-state index contributed by atoms with van der Waals surface area (Å²) in [5.41, 5.74) is 9.18. The van der Waals surface area contributed by atoms with Gasteiger partial charge in [0, 0.05) is 81.3 Å². The Kier molecular flexibility index (Phi) is 8.86. The van der Waals surface area contributed by atoms with Crippen LogP contribution in [0.1, 0.15) is 92.3 Å². The zero-order valence-electron chi connectivity index (χ0n) is 30.7. The number of hydrogen-bond donors (Lipinski definition) is 1. The summed E-state index contributed by atoms with van der Waals surface area (Å²) in [4.78, 5) is 38.4.